The highest BCUT2D eigenvalue weighted by Gasteiger charge is 2.07. The highest BCUT2D eigenvalue weighted by Crippen LogP contribution is 2.18. The van der Waals surface area contributed by atoms with Gasteiger partial charge in [-0.05, 0) is 12.1 Å². The molecule has 0 fully saturated rings. The Morgan fingerprint density at radius 1 is 1.43 bits per heavy atom. The third kappa shape index (κ3) is 1.19. The second-order valence-electron chi connectivity index (χ2n) is 2.70. The van der Waals surface area contributed by atoms with Crippen LogP contribution in [-0.2, 0) is 0 Å². The van der Waals surface area contributed by atoms with Crippen molar-refractivity contribution in [3.8, 4) is 11.8 Å². The number of hydrogen-bond acceptors (Lipinski definition) is 4. The predicted octanol–water partition coefficient (Wildman–Crippen LogP) is 0.721. The quantitative estimate of drug-likeness (QED) is 0.664. The van der Waals surface area contributed by atoms with Crippen molar-refractivity contribution in [1.29, 1.82) is 5.26 Å². The minimum atomic E-state index is 0.415. The Bertz CT molecular complexity index is 480. The summed E-state index contributed by atoms with van der Waals surface area (Å²) in [7, 11) is 0. The maximum atomic E-state index is 8.91. The minimum Gasteiger partial charge on any atom is -0.398 e. The topological polar surface area (TPSA) is 80.5 Å². The molecule has 0 aliphatic rings. The van der Waals surface area contributed by atoms with Gasteiger partial charge in [0.05, 0.1) is 23.8 Å². The van der Waals surface area contributed by atoms with Crippen LogP contribution in [0.25, 0.3) is 5.69 Å². The van der Waals surface area contributed by atoms with Gasteiger partial charge in [0.25, 0.3) is 0 Å². The number of nitriles is 1. The van der Waals surface area contributed by atoms with Crippen molar-refractivity contribution >= 4 is 5.69 Å². The lowest BCUT2D eigenvalue weighted by molar-refractivity contribution is 0.802. The monoisotopic (exact) mass is 185 g/mol. The number of benzene rings is 1. The molecule has 5 heteroatoms. The maximum Gasteiger partial charge on any atom is 0.104 e. The number of nitrogens with two attached hydrogens (primary N) is 1. The SMILES string of the molecule is N#Cc1c(N)cccc1-n1ccnn1. The largest absolute Gasteiger partial charge is 0.398 e. The highest BCUT2D eigenvalue weighted by molar-refractivity contribution is 5.63. The summed E-state index contributed by atoms with van der Waals surface area (Å²) >= 11 is 0. The van der Waals surface area contributed by atoms with E-state index in [1.807, 2.05) is 6.07 Å². The number of nitrogen functional groups attached to an aromatic ring is 1. The predicted molar refractivity (Wildman–Crippen MR) is 50.5 cm³/mol. The first kappa shape index (κ1) is 8.26. The van der Waals surface area contributed by atoms with Crippen molar-refractivity contribution in [2.75, 3.05) is 5.73 Å². The van der Waals surface area contributed by atoms with Gasteiger partial charge in [0.15, 0.2) is 0 Å². The molecule has 0 atom stereocenters. The Kier molecular flexibility index (Phi) is 1.88. The number of rotatable bonds is 1. The lowest BCUT2D eigenvalue weighted by Gasteiger charge is -2.04. The smallest absolute Gasteiger partial charge is 0.104 e. The third-order valence-electron chi connectivity index (χ3n) is 1.86. The maximum absolute atomic E-state index is 8.91. The molecule has 2 aromatic rings. The molecule has 0 spiro atoms. The summed E-state index contributed by atoms with van der Waals surface area (Å²) in [6.07, 6.45) is 3.21. The van der Waals surface area contributed by atoms with Crippen molar-refractivity contribution in [2.24, 2.45) is 0 Å². The zero-order chi connectivity index (χ0) is 9.97. The summed E-state index contributed by atoms with van der Waals surface area (Å²) in [4.78, 5) is 0. The van der Waals surface area contributed by atoms with Crippen LogP contribution in [0.1, 0.15) is 5.56 Å². The highest BCUT2D eigenvalue weighted by atomic mass is 15.4. The van der Waals surface area contributed by atoms with Crippen molar-refractivity contribution in [2.45, 2.75) is 0 Å². The first-order valence-corrected chi connectivity index (χ1v) is 3.98. The molecular formula is C9H7N5. The van der Waals surface area contributed by atoms with Crippen LogP contribution in [0, 0.1) is 11.3 Å². The molecule has 5 nitrogen and oxygen atoms in total. The molecule has 0 amide bonds. The fraction of sp³-hybridized carbons (Fsp3) is 0. The molecule has 0 radical (unpaired) electrons. The molecule has 0 saturated heterocycles. The fourth-order valence-corrected chi connectivity index (χ4v) is 1.21. The first-order valence-electron chi connectivity index (χ1n) is 3.98. The van der Waals surface area contributed by atoms with Gasteiger partial charge in [-0.2, -0.15) is 5.26 Å². The summed E-state index contributed by atoms with van der Waals surface area (Å²) in [5, 5.41) is 16.4. The van der Waals surface area contributed by atoms with Gasteiger partial charge in [0.1, 0.15) is 11.6 Å². The number of hydrogen-bond donors (Lipinski definition) is 1. The van der Waals surface area contributed by atoms with Gasteiger partial charge in [0.2, 0.25) is 0 Å². The van der Waals surface area contributed by atoms with Crippen molar-refractivity contribution in [3.05, 3.63) is 36.2 Å². The molecule has 14 heavy (non-hydrogen) atoms. The number of nitrogens with zero attached hydrogens (tertiary/aromatic N) is 4. The average molecular weight is 185 g/mol. The van der Waals surface area contributed by atoms with E-state index in [-0.39, 0.29) is 0 Å². The molecule has 0 aliphatic heterocycles. The fourth-order valence-electron chi connectivity index (χ4n) is 1.21. The number of aromatic nitrogens is 3. The van der Waals surface area contributed by atoms with Gasteiger partial charge in [-0.3, -0.25) is 0 Å². The van der Waals surface area contributed by atoms with Crippen molar-refractivity contribution in [3.63, 3.8) is 0 Å². The van der Waals surface area contributed by atoms with Gasteiger partial charge in [-0.1, -0.05) is 11.3 Å². The Balaban J connectivity index is 2.66. The Morgan fingerprint density at radius 3 is 2.93 bits per heavy atom. The molecule has 2 N–H and O–H groups in total. The Hall–Kier alpha value is -2.35. The van der Waals surface area contributed by atoms with E-state index in [9.17, 15) is 0 Å². The normalized spacial score (nSPS) is 9.64. The second kappa shape index (κ2) is 3.18. The molecule has 1 heterocycles. The second-order valence-corrected chi connectivity index (χ2v) is 2.70. The van der Waals surface area contributed by atoms with E-state index in [0.29, 0.717) is 16.9 Å². The molecular weight excluding hydrogens is 178 g/mol. The molecule has 0 aliphatic carbocycles. The van der Waals surface area contributed by atoms with E-state index in [0.717, 1.165) is 0 Å². The first-order chi connectivity index (χ1) is 6.83. The van der Waals surface area contributed by atoms with Crippen LogP contribution < -0.4 is 5.73 Å². The van der Waals surface area contributed by atoms with E-state index >= 15 is 0 Å². The van der Waals surface area contributed by atoms with Crippen LogP contribution in [-0.4, -0.2) is 15.0 Å². The lowest BCUT2D eigenvalue weighted by Crippen LogP contribution is -2.01. The standard InChI is InChI=1S/C9H7N5/c10-6-7-8(11)2-1-3-9(7)14-5-4-12-13-14/h1-5H,11H2. The van der Waals surface area contributed by atoms with E-state index in [1.54, 1.807) is 30.6 Å². The zero-order valence-corrected chi connectivity index (χ0v) is 7.25. The van der Waals surface area contributed by atoms with Crippen LogP contribution in [0.2, 0.25) is 0 Å². The molecule has 0 unspecified atom stereocenters. The summed E-state index contributed by atoms with van der Waals surface area (Å²) < 4.78 is 1.51. The van der Waals surface area contributed by atoms with Gasteiger partial charge >= 0.3 is 0 Å². The van der Waals surface area contributed by atoms with Gasteiger partial charge in [0, 0.05) is 0 Å². The zero-order valence-electron chi connectivity index (χ0n) is 7.25. The molecule has 1 aromatic heterocycles. The lowest BCUT2D eigenvalue weighted by atomic mass is 10.1. The minimum absolute atomic E-state index is 0.415. The summed E-state index contributed by atoms with van der Waals surface area (Å²) in [6.45, 7) is 0. The Morgan fingerprint density at radius 2 is 2.29 bits per heavy atom. The molecule has 68 valence electrons. The third-order valence-corrected chi connectivity index (χ3v) is 1.86. The van der Waals surface area contributed by atoms with E-state index in [4.69, 9.17) is 11.0 Å². The van der Waals surface area contributed by atoms with Crippen LogP contribution in [0.15, 0.2) is 30.6 Å². The van der Waals surface area contributed by atoms with E-state index < -0.39 is 0 Å². The summed E-state index contributed by atoms with van der Waals surface area (Å²) in [5.74, 6) is 0. The van der Waals surface area contributed by atoms with Crippen molar-refractivity contribution < 1.29 is 0 Å². The van der Waals surface area contributed by atoms with E-state index in [1.165, 1.54) is 4.68 Å². The molecule has 0 bridgehead atoms. The van der Waals surface area contributed by atoms with Gasteiger partial charge < -0.3 is 5.73 Å². The number of anilines is 1. The van der Waals surface area contributed by atoms with Crippen molar-refractivity contribution in [1.82, 2.24) is 15.0 Å². The Labute approximate surface area is 80.4 Å². The average Bonchev–Trinajstić information content (AvgIpc) is 2.70. The molecule has 2 rings (SSSR count). The molecule has 0 saturated carbocycles. The van der Waals surface area contributed by atoms with E-state index in [2.05, 4.69) is 10.3 Å². The summed E-state index contributed by atoms with van der Waals surface area (Å²) in [6, 6.07) is 7.26. The summed E-state index contributed by atoms with van der Waals surface area (Å²) in [5.41, 5.74) is 7.16. The van der Waals surface area contributed by atoms with Crippen LogP contribution in [0.5, 0.6) is 0 Å². The van der Waals surface area contributed by atoms with Crippen LogP contribution in [0.4, 0.5) is 5.69 Å². The van der Waals surface area contributed by atoms with Crippen LogP contribution in [0.3, 0.4) is 0 Å². The van der Waals surface area contributed by atoms with Gasteiger partial charge in [-0.25, -0.2) is 4.68 Å². The van der Waals surface area contributed by atoms with Gasteiger partial charge in [-0.15, -0.1) is 5.10 Å². The molecule has 1 aromatic carbocycles. The van der Waals surface area contributed by atoms with Crippen LogP contribution >= 0.6 is 0 Å².